The van der Waals surface area contributed by atoms with E-state index in [0.29, 0.717) is 29.0 Å². The molecule has 0 fully saturated rings. The third-order valence-corrected chi connectivity index (χ3v) is 3.74. The Kier molecular flexibility index (Phi) is 5.46. The predicted octanol–water partition coefficient (Wildman–Crippen LogP) is 3.34. The number of aromatic nitrogens is 2. The standard InChI is InChI=1S/C19H17FN4O3/c1-26-17-8-14(24-19-15(9-25)18(21)22-11-23-19)5-6-16(17)27-10-12-3-2-4-13(20)7-12/h2-9,11H,10H2,1H3,(H3,21,22,23,24). The van der Waals surface area contributed by atoms with Gasteiger partial charge in [-0.05, 0) is 29.8 Å². The van der Waals surface area contributed by atoms with Gasteiger partial charge in [0.05, 0.1) is 12.7 Å². The Bertz CT molecular complexity index is 965. The van der Waals surface area contributed by atoms with E-state index in [-0.39, 0.29) is 29.6 Å². The molecule has 0 aliphatic heterocycles. The first-order valence-electron chi connectivity index (χ1n) is 7.98. The molecule has 0 spiro atoms. The third kappa shape index (κ3) is 4.30. The van der Waals surface area contributed by atoms with E-state index in [1.165, 1.54) is 25.6 Å². The van der Waals surface area contributed by atoms with Crippen LogP contribution in [0.5, 0.6) is 11.5 Å². The van der Waals surface area contributed by atoms with Gasteiger partial charge >= 0.3 is 0 Å². The number of nitrogens with one attached hydrogen (secondary N) is 1. The molecule has 0 saturated carbocycles. The zero-order chi connectivity index (χ0) is 19.2. The largest absolute Gasteiger partial charge is 0.493 e. The average Bonchev–Trinajstić information content (AvgIpc) is 2.67. The minimum Gasteiger partial charge on any atom is -0.493 e. The van der Waals surface area contributed by atoms with Crippen molar-refractivity contribution < 1.29 is 18.7 Å². The highest BCUT2D eigenvalue weighted by Crippen LogP contribution is 2.32. The molecule has 0 atom stereocenters. The summed E-state index contributed by atoms with van der Waals surface area (Å²) in [7, 11) is 1.51. The van der Waals surface area contributed by atoms with Crippen LogP contribution in [-0.4, -0.2) is 23.4 Å². The Labute approximate surface area is 155 Å². The molecule has 0 bridgehead atoms. The summed E-state index contributed by atoms with van der Waals surface area (Å²) in [5.74, 6) is 1.01. The van der Waals surface area contributed by atoms with Crippen LogP contribution in [0.25, 0.3) is 0 Å². The highest BCUT2D eigenvalue weighted by molar-refractivity contribution is 5.89. The molecule has 0 saturated heterocycles. The van der Waals surface area contributed by atoms with Gasteiger partial charge in [-0.3, -0.25) is 4.79 Å². The topological polar surface area (TPSA) is 99.4 Å². The second-order valence-corrected chi connectivity index (χ2v) is 5.55. The zero-order valence-corrected chi connectivity index (χ0v) is 14.5. The van der Waals surface area contributed by atoms with E-state index in [1.54, 1.807) is 30.3 Å². The summed E-state index contributed by atoms with van der Waals surface area (Å²) in [5.41, 5.74) is 7.16. The Morgan fingerprint density at radius 3 is 2.78 bits per heavy atom. The van der Waals surface area contributed by atoms with Crippen molar-refractivity contribution >= 4 is 23.6 Å². The van der Waals surface area contributed by atoms with Gasteiger partial charge in [0.15, 0.2) is 17.8 Å². The lowest BCUT2D eigenvalue weighted by atomic mass is 10.2. The van der Waals surface area contributed by atoms with Gasteiger partial charge in [-0.1, -0.05) is 12.1 Å². The maximum absolute atomic E-state index is 13.3. The van der Waals surface area contributed by atoms with Gasteiger partial charge in [0.1, 0.15) is 30.4 Å². The van der Waals surface area contributed by atoms with E-state index in [4.69, 9.17) is 15.2 Å². The maximum Gasteiger partial charge on any atom is 0.162 e. The molecular formula is C19H17FN4O3. The van der Waals surface area contributed by atoms with Crippen LogP contribution >= 0.6 is 0 Å². The molecule has 0 aliphatic carbocycles. The number of carbonyl (C=O) groups excluding carboxylic acids is 1. The van der Waals surface area contributed by atoms with Gasteiger partial charge in [-0.25, -0.2) is 14.4 Å². The van der Waals surface area contributed by atoms with Crippen LogP contribution in [0.1, 0.15) is 15.9 Å². The van der Waals surface area contributed by atoms with E-state index >= 15 is 0 Å². The van der Waals surface area contributed by atoms with Gasteiger partial charge in [-0.15, -0.1) is 0 Å². The molecule has 0 unspecified atom stereocenters. The molecule has 3 aromatic rings. The first-order valence-corrected chi connectivity index (χ1v) is 7.98. The number of anilines is 3. The number of nitrogens with two attached hydrogens (primary N) is 1. The van der Waals surface area contributed by atoms with E-state index in [0.717, 1.165) is 0 Å². The minimum absolute atomic E-state index is 0.0875. The fourth-order valence-corrected chi connectivity index (χ4v) is 2.41. The van der Waals surface area contributed by atoms with Gasteiger partial charge < -0.3 is 20.5 Å². The third-order valence-electron chi connectivity index (χ3n) is 3.74. The molecule has 0 radical (unpaired) electrons. The number of rotatable bonds is 7. The predicted molar refractivity (Wildman–Crippen MR) is 98.8 cm³/mol. The lowest BCUT2D eigenvalue weighted by molar-refractivity contribution is 0.112. The lowest BCUT2D eigenvalue weighted by Crippen LogP contribution is -2.05. The summed E-state index contributed by atoms with van der Waals surface area (Å²) in [5, 5.41) is 3.00. The fourth-order valence-electron chi connectivity index (χ4n) is 2.41. The Morgan fingerprint density at radius 1 is 1.19 bits per heavy atom. The Morgan fingerprint density at radius 2 is 2.04 bits per heavy atom. The molecule has 27 heavy (non-hydrogen) atoms. The number of hydrogen-bond acceptors (Lipinski definition) is 7. The number of carbonyl (C=O) groups is 1. The molecule has 8 heteroatoms. The minimum atomic E-state index is -0.322. The summed E-state index contributed by atoms with van der Waals surface area (Å²) in [4.78, 5) is 19.0. The number of aldehydes is 1. The molecule has 3 N–H and O–H groups in total. The summed E-state index contributed by atoms with van der Waals surface area (Å²) in [6.45, 7) is 0.193. The number of benzene rings is 2. The summed E-state index contributed by atoms with van der Waals surface area (Å²) in [6.07, 6.45) is 1.85. The van der Waals surface area contributed by atoms with Crippen molar-refractivity contribution in [1.29, 1.82) is 0 Å². The molecule has 138 valence electrons. The highest BCUT2D eigenvalue weighted by Gasteiger charge is 2.11. The smallest absolute Gasteiger partial charge is 0.162 e. The average molecular weight is 368 g/mol. The van der Waals surface area contributed by atoms with Gasteiger partial charge in [0.2, 0.25) is 0 Å². The number of ether oxygens (including phenoxy) is 2. The van der Waals surface area contributed by atoms with E-state index < -0.39 is 0 Å². The number of methoxy groups -OCH3 is 1. The normalized spacial score (nSPS) is 10.3. The fraction of sp³-hybridized carbons (Fsp3) is 0.105. The molecule has 1 heterocycles. The van der Waals surface area contributed by atoms with Crippen LogP contribution < -0.4 is 20.5 Å². The Balaban J connectivity index is 1.78. The van der Waals surface area contributed by atoms with Crippen molar-refractivity contribution in [2.24, 2.45) is 0 Å². The second-order valence-electron chi connectivity index (χ2n) is 5.55. The van der Waals surface area contributed by atoms with Gasteiger partial charge in [-0.2, -0.15) is 0 Å². The van der Waals surface area contributed by atoms with Crippen LogP contribution in [0.3, 0.4) is 0 Å². The first-order chi connectivity index (χ1) is 13.1. The van der Waals surface area contributed by atoms with Crippen molar-refractivity contribution in [3.8, 4) is 11.5 Å². The summed E-state index contributed by atoms with van der Waals surface area (Å²) < 4.78 is 24.3. The van der Waals surface area contributed by atoms with Crippen molar-refractivity contribution in [2.45, 2.75) is 6.61 Å². The Hall–Kier alpha value is -3.68. The lowest BCUT2D eigenvalue weighted by Gasteiger charge is -2.14. The number of nitrogen functional groups attached to an aromatic ring is 1. The summed E-state index contributed by atoms with van der Waals surface area (Å²) in [6, 6.07) is 11.3. The van der Waals surface area contributed by atoms with Crippen LogP contribution in [0.4, 0.5) is 21.7 Å². The van der Waals surface area contributed by atoms with Crippen molar-refractivity contribution in [2.75, 3.05) is 18.2 Å². The molecule has 1 aromatic heterocycles. The summed E-state index contributed by atoms with van der Waals surface area (Å²) >= 11 is 0. The van der Waals surface area contributed by atoms with Crippen LogP contribution in [-0.2, 0) is 6.61 Å². The van der Waals surface area contributed by atoms with Gasteiger partial charge in [0.25, 0.3) is 0 Å². The molecule has 3 rings (SSSR count). The number of nitrogens with zero attached hydrogens (tertiary/aromatic N) is 2. The SMILES string of the molecule is COc1cc(Nc2ncnc(N)c2C=O)ccc1OCc1cccc(F)c1. The quantitative estimate of drug-likeness (QED) is 0.617. The van der Waals surface area contributed by atoms with Crippen molar-refractivity contribution in [3.05, 3.63) is 65.7 Å². The molecule has 0 aliphatic rings. The van der Waals surface area contributed by atoms with E-state index in [2.05, 4.69) is 15.3 Å². The zero-order valence-electron chi connectivity index (χ0n) is 14.5. The van der Waals surface area contributed by atoms with Crippen molar-refractivity contribution in [1.82, 2.24) is 9.97 Å². The number of halogens is 1. The van der Waals surface area contributed by atoms with Crippen LogP contribution in [0.2, 0.25) is 0 Å². The van der Waals surface area contributed by atoms with Gasteiger partial charge in [0, 0.05) is 11.8 Å². The molecule has 2 aromatic carbocycles. The van der Waals surface area contributed by atoms with Crippen LogP contribution in [0, 0.1) is 5.82 Å². The van der Waals surface area contributed by atoms with E-state index in [1.807, 2.05) is 0 Å². The molecule has 7 nitrogen and oxygen atoms in total. The monoisotopic (exact) mass is 368 g/mol. The van der Waals surface area contributed by atoms with E-state index in [9.17, 15) is 9.18 Å². The highest BCUT2D eigenvalue weighted by atomic mass is 19.1. The molecule has 0 amide bonds. The van der Waals surface area contributed by atoms with Crippen molar-refractivity contribution in [3.63, 3.8) is 0 Å². The first kappa shape index (κ1) is 18.1. The number of hydrogen-bond donors (Lipinski definition) is 2. The molecular weight excluding hydrogens is 351 g/mol. The second kappa shape index (κ2) is 8.13. The van der Waals surface area contributed by atoms with Crippen LogP contribution in [0.15, 0.2) is 48.8 Å². The maximum atomic E-state index is 13.3.